The molecule has 0 unspecified atom stereocenters. The maximum absolute atomic E-state index is 13.1. The quantitative estimate of drug-likeness (QED) is 0.631. The van der Waals surface area contributed by atoms with Crippen LogP contribution in [0, 0.1) is 5.92 Å². The Bertz CT molecular complexity index is 1260. The molecule has 0 saturated carbocycles. The van der Waals surface area contributed by atoms with Gasteiger partial charge in [0.1, 0.15) is 10.6 Å². The van der Waals surface area contributed by atoms with E-state index in [1.807, 2.05) is 0 Å². The zero-order valence-corrected chi connectivity index (χ0v) is 18.5. The predicted molar refractivity (Wildman–Crippen MR) is 112 cm³/mol. The lowest BCUT2D eigenvalue weighted by Crippen LogP contribution is -2.30. The smallest absolute Gasteiger partial charge is 0.339 e. The van der Waals surface area contributed by atoms with E-state index >= 15 is 0 Å². The number of nitrogens with zero attached hydrogens (tertiary/aromatic N) is 1. The van der Waals surface area contributed by atoms with Crippen LogP contribution in [0.4, 0.5) is 11.4 Å². The summed E-state index contributed by atoms with van der Waals surface area (Å²) < 4.78 is 63.7. The van der Waals surface area contributed by atoms with Crippen molar-refractivity contribution in [2.45, 2.75) is 11.8 Å². The van der Waals surface area contributed by atoms with Gasteiger partial charge in [-0.25, -0.2) is 25.9 Å². The minimum absolute atomic E-state index is 0.0187. The van der Waals surface area contributed by atoms with Crippen LogP contribution in [-0.4, -0.2) is 48.7 Å². The summed E-state index contributed by atoms with van der Waals surface area (Å²) in [7, 11) is -5.88. The Morgan fingerprint density at radius 3 is 2.42 bits per heavy atom. The van der Waals surface area contributed by atoms with E-state index in [0.717, 1.165) is 13.2 Å². The number of nitrogens with one attached hydrogen (secondary N) is 1. The molecule has 2 aromatic rings. The summed E-state index contributed by atoms with van der Waals surface area (Å²) in [6, 6.07) is 9.39. The van der Waals surface area contributed by atoms with Crippen molar-refractivity contribution in [2.24, 2.45) is 5.92 Å². The van der Waals surface area contributed by atoms with Gasteiger partial charge in [-0.2, -0.15) is 0 Å². The van der Waals surface area contributed by atoms with E-state index in [4.69, 9.17) is 4.74 Å². The molecule has 1 atom stereocenters. The highest BCUT2D eigenvalue weighted by Crippen LogP contribution is 2.35. The Morgan fingerprint density at radius 2 is 1.84 bits per heavy atom. The highest BCUT2D eigenvalue weighted by molar-refractivity contribution is 7.94. The van der Waals surface area contributed by atoms with Crippen LogP contribution in [0.5, 0.6) is 5.75 Å². The number of benzene rings is 2. The van der Waals surface area contributed by atoms with Gasteiger partial charge in [-0.1, -0.05) is 19.1 Å². The molecule has 31 heavy (non-hydrogen) atoms. The molecule has 12 heteroatoms. The Hall–Kier alpha value is -3.12. The summed E-state index contributed by atoms with van der Waals surface area (Å²) in [4.78, 5) is 23.9. The van der Waals surface area contributed by atoms with Crippen LogP contribution in [0.3, 0.4) is 0 Å². The summed E-state index contributed by atoms with van der Waals surface area (Å²) in [6.07, 6.45) is 0. The molecule has 0 aromatic heterocycles. The number of carbonyl (C=O) groups excluding carboxylic acids is 2. The Morgan fingerprint density at radius 1 is 1.16 bits per heavy atom. The molecule has 3 rings (SSSR count). The zero-order valence-electron chi connectivity index (χ0n) is 16.9. The number of methoxy groups -OCH3 is 2. The first-order valence-electron chi connectivity index (χ1n) is 8.97. The van der Waals surface area contributed by atoms with Crippen LogP contribution in [0.25, 0.3) is 0 Å². The molecule has 1 saturated heterocycles. The summed E-state index contributed by atoms with van der Waals surface area (Å²) in [5.41, 5.74) is -0.188. The Balaban J connectivity index is 2.09. The lowest BCUT2D eigenvalue weighted by Gasteiger charge is -2.18. The number of esters is 1. The molecule has 2 aromatic carbocycles. The van der Waals surface area contributed by atoms with E-state index in [1.54, 1.807) is 0 Å². The first kappa shape index (κ1) is 22.6. The second-order valence-electron chi connectivity index (χ2n) is 6.76. The van der Waals surface area contributed by atoms with Crippen molar-refractivity contribution >= 4 is 43.3 Å². The van der Waals surface area contributed by atoms with Gasteiger partial charge in [-0.05, 0) is 30.3 Å². The van der Waals surface area contributed by atoms with E-state index in [-0.39, 0.29) is 28.4 Å². The average Bonchev–Trinajstić information content (AvgIpc) is 2.93. The number of amides is 1. The highest BCUT2D eigenvalue weighted by Gasteiger charge is 2.42. The summed E-state index contributed by atoms with van der Waals surface area (Å²) >= 11 is 0. The largest absolute Gasteiger partial charge is 0.495 e. The van der Waals surface area contributed by atoms with Crippen LogP contribution in [0.1, 0.15) is 17.3 Å². The molecule has 1 fully saturated rings. The number of para-hydroxylation sites is 1. The fourth-order valence-corrected chi connectivity index (χ4v) is 6.23. The normalized spacial score (nSPS) is 18.0. The Kier molecular flexibility index (Phi) is 5.96. The van der Waals surface area contributed by atoms with E-state index < -0.39 is 42.7 Å². The monoisotopic (exact) mass is 468 g/mol. The molecule has 1 amide bonds. The summed E-state index contributed by atoms with van der Waals surface area (Å²) in [6.45, 7) is 1.48. The van der Waals surface area contributed by atoms with E-state index in [9.17, 15) is 26.4 Å². The minimum Gasteiger partial charge on any atom is -0.495 e. The second-order valence-corrected chi connectivity index (χ2v) is 10.3. The molecule has 0 aliphatic carbocycles. The molecular formula is C19H20N2O8S2. The predicted octanol–water partition coefficient (Wildman–Crippen LogP) is 1.60. The SMILES string of the molecule is COC(=O)c1ccccc1NS(=O)(=O)c1cc(N2C(=O)[C@H](C)CS2(=O)=O)ccc1OC. The molecule has 0 bridgehead atoms. The molecule has 1 heterocycles. The lowest BCUT2D eigenvalue weighted by molar-refractivity contribution is -0.119. The fraction of sp³-hybridized carbons (Fsp3) is 0.263. The maximum Gasteiger partial charge on any atom is 0.339 e. The number of rotatable bonds is 6. The molecular weight excluding hydrogens is 448 g/mol. The van der Waals surface area contributed by atoms with Gasteiger partial charge in [0.25, 0.3) is 10.0 Å². The number of ether oxygens (including phenoxy) is 2. The van der Waals surface area contributed by atoms with Crippen molar-refractivity contribution in [2.75, 3.05) is 29.0 Å². The third-order valence-corrected chi connectivity index (χ3v) is 7.86. The lowest BCUT2D eigenvalue weighted by atomic mass is 10.2. The number of hydrogen-bond acceptors (Lipinski definition) is 8. The number of carbonyl (C=O) groups is 2. The summed E-state index contributed by atoms with van der Waals surface area (Å²) in [5.74, 6) is -2.61. The minimum atomic E-state index is -4.36. The third-order valence-electron chi connectivity index (χ3n) is 4.61. The van der Waals surface area contributed by atoms with Gasteiger partial charge in [0.05, 0.1) is 42.8 Å². The zero-order chi connectivity index (χ0) is 23.0. The van der Waals surface area contributed by atoms with Crippen molar-refractivity contribution in [1.29, 1.82) is 0 Å². The van der Waals surface area contributed by atoms with Gasteiger partial charge in [0.15, 0.2) is 0 Å². The molecule has 166 valence electrons. The van der Waals surface area contributed by atoms with Crippen LogP contribution >= 0.6 is 0 Å². The van der Waals surface area contributed by atoms with Crippen molar-refractivity contribution in [3.8, 4) is 5.75 Å². The maximum atomic E-state index is 13.1. The van der Waals surface area contributed by atoms with Crippen molar-refractivity contribution in [3.05, 3.63) is 48.0 Å². The molecule has 0 spiro atoms. The van der Waals surface area contributed by atoms with Crippen LogP contribution in [-0.2, 0) is 29.6 Å². The van der Waals surface area contributed by atoms with Crippen molar-refractivity contribution in [3.63, 3.8) is 0 Å². The molecule has 1 N–H and O–H groups in total. The number of sulfonamides is 2. The van der Waals surface area contributed by atoms with E-state index in [1.165, 1.54) is 50.4 Å². The van der Waals surface area contributed by atoms with Crippen molar-refractivity contribution in [1.82, 2.24) is 0 Å². The van der Waals surface area contributed by atoms with E-state index in [0.29, 0.717) is 4.31 Å². The Labute approximate surface area is 179 Å². The van der Waals surface area contributed by atoms with Gasteiger partial charge >= 0.3 is 5.97 Å². The van der Waals surface area contributed by atoms with Gasteiger partial charge in [0.2, 0.25) is 15.9 Å². The highest BCUT2D eigenvalue weighted by atomic mass is 32.2. The average molecular weight is 469 g/mol. The standard InChI is InChI=1S/C19H20N2O8S2/c1-12-11-30(24,25)21(18(12)22)13-8-9-16(28-2)17(10-13)31(26,27)20-15-7-5-4-6-14(15)19(23)29-3/h4-10,12,20H,11H2,1-3H3/t12-/m1/s1. The van der Waals surface area contributed by atoms with Crippen LogP contribution in [0.15, 0.2) is 47.4 Å². The molecule has 1 aliphatic rings. The number of hydrogen-bond donors (Lipinski definition) is 1. The van der Waals surface area contributed by atoms with Gasteiger partial charge in [-0.3, -0.25) is 9.52 Å². The summed E-state index contributed by atoms with van der Waals surface area (Å²) in [5, 5.41) is 0. The molecule has 10 nitrogen and oxygen atoms in total. The first-order valence-corrected chi connectivity index (χ1v) is 12.1. The van der Waals surface area contributed by atoms with Gasteiger partial charge in [0, 0.05) is 0 Å². The third kappa shape index (κ3) is 4.21. The van der Waals surface area contributed by atoms with E-state index in [2.05, 4.69) is 9.46 Å². The fourth-order valence-electron chi connectivity index (χ4n) is 3.15. The first-order chi connectivity index (χ1) is 14.5. The topological polar surface area (TPSA) is 136 Å². The van der Waals surface area contributed by atoms with Gasteiger partial charge < -0.3 is 9.47 Å². The van der Waals surface area contributed by atoms with Crippen LogP contribution in [0.2, 0.25) is 0 Å². The van der Waals surface area contributed by atoms with Crippen LogP contribution < -0.4 is 13.8 Å². The molecule has 1 aliphatic heterocycles. The van der Waals surface area contributed by atoms with Gasteiger partial charge in [-0.15, -0.1) is 0 Å². The second kappa shape index (κ2) is 8.19. The van der Waals surface area contributed by atoms with Crippen molar-refractivity contribution < 1.29 is 35.9 Å². The molecule has 0 radical (unpaired) electrons. The number of anilines is 2.